The maximum Gasteiger partial charge on any atom is 0.216 e. The number of carbonyl (C=O) groups excluding carboxylic acids is 1. The van der Waals surface area contributed by atoms with Gasteiger partial charge in [-0.3, -0.25) is 9.89 Å². The highest BCUT2D eigenvalue weighted by Crippen LogP contribution is 2.35. The third-order valence-electron chi connectivity index (χ3n) is 7.44. The lowest BCUT2D eigenvalue weighted by molar-refractivity contribution is 0.0855. The smallest absolute Gasteiger partial charge is 0.216 e. The number of halogens is 1. The normalized spacial score (nSPS) is 19.7. The van der Waals surface area contributed by atoms with Crippen LogP contribution in [0.1, 0.15) is 22.3 Å². The lowest BCUT2D eigenvalue weighted by Gasteiger charge is -2.38. The van der Waals surface area contributed by atoms with Crippen molar-refractivity contribution in [2.75, 3.05) is 27.3 Å². The van der Waals surface area contributed by atoms with E-state index in [4.69, 9.17) is 9.47 Å². The zero-order valence-corrected chi connectivity index (χ0v) is 19.8. The number of rotatable bonds is 6. The molecule has 1 unspecified atom stereocenters. The molecule has 7 nitrogen and oxygen atoms in total. The maximum atomic E-state index is 14.2. The molecule has 6 rings (SSSR count). The number of ketones is 1. The Morgan fingerprint density at radius 3 is 2.89 bits per heavy atom. The second kappa shape index (κ2) is 8.53. The monoisotopic (exact) mass is 474 g/mol. The molecule has 180 valence electrons. The molecule has 4 aromatic rings. The van der Waals surface area contributed by atoms with Gasteiger partial charge in [0.15, 0.2) is 5.78 Å². The largest absolute Gasteiger partial charge is 0.497 e. The van der Waals surface area contributed by atoms with Crippen molar-refractivity contribution in [2.24, 2.45) is 5.92 Å². The SMILES string of the molecule is COc1ccc2c(c1)CC(C(=O)c1cn(C[C@@H]3CCN3C)c3cc(-c4cn[nH]c4F)ccc13)CO2. The Balaban J connectivity index is 1.38. The molecule has 0 bridgehead atoms. The summed E-state index contributed by atoms with van der Waals surface area (Å²) in [4.78, 5) is 16.1. The summed E-state index contributed by atoms with van der Waals surface area (Å²) in [6, 6.07) is 11.8. The van der Waals surface area contributed by atoms with Crippen molar-refractivity contribution in [3.63, 3.8) is 0 Å². The molecule has 35 heavy (non-hydrogen) atoms. The van der Waals surface area contributed by atoms with Gasteiger partial charge in [-0.25, -0.2) is 0 Å². The van der Waals surface area contributed by atoms with E-state index in [2.05, 4.69) is 26.7 Å². The molecule has 2 atom stereocenters. The third kappa shape index (κ3) is 3.78. The Morgan fingerprint density at radius 1 is 1.29 bits per heavy atom. The first-order valence-electron chi connectivity index (χ1n) is 11.9. The first-order chi connectivity index (χ1) is 17.0. The molecule has 4 heterocycles. The zero-order chi connectivity index (χ0) is 24.1. The third-order valence-corrected chi connectivity index (χ3v) is 7.44. The van der Waals surface area contributed by atoms with Crippen molar-refractivity contribution >= 4 is 16.7 Å². The summed E-state index contributed by atoms with van der Waals surface area (Å²) in [5.41, 5.74) is 3.73. The molecule has 0 saturated carbocycles. The van der Waals surface area contributed by atoms with Crippen LogP contribution in [0.4, 0.5) is 4.39 Å². The number of likely N-dealkylation sites (tertiary alicyclic amines) is 1. The second-order valence-corrected chi connectivity index (χ2v) is 9.50. The van der Waals surface area contributed by atoms with Gasteiger partial charge in [0.1, 0.15) is 11.5 Å². The van der Waals surface area contributed by atoms with Crippen LogP contribution >= 0.6 is 0 Å². The van der Waals surface area contributed by atoms with Gasteiger partial charge in [-0.15, -0.1) is 0 Å². The number of Topliss-reactive ketones (excluding diaryl/α,β-unsaturated/α-hetero) is 1. The Labute approximate surface area is 202 Å². The van der Waals surface area contributed by atoms with Gasteiger partial charge >= 0.3 is 0 Å². The van der Waals surface area contributed by atoms with Crippen molar-refractivity contribution in [1.29, 1.82) is 0 Å². The number of nitrogens with one attached hydrogen (secondary N) is 1. The van der Waals surface area contributed by atoms with Crippen molar-refractivity contribution in [2.45, 2.75) is 25.4 Å². The van der Waals surface area contributed by atoms with Crippen molar-refractivity contribution < 1.29 is 18.7 Å². The van der Waals surface area contributed by atoms with Gasteiger partial charge in [0.2, 0.25) is 5.95 Å². The number of carbonyl (C=O) groups is 1. The van der Waals surface area contributed by atoms with Gasteiger partial charge < -0.3 is 18.9 Å². The van der Waals surface area contributed by atoms with E-state index < -0.39 is 5.95 Å². The van der Waals surface area contributed by atoms with Gasteiger partial charge in [-0.2, -0.15) is 9.49 Å². The molecule has 0 spiro atoms. The highest BCUT2D eigenvalue weighted by atomic mass is 19.1. The number of hydrogen-bond donors (Lipinski definition) is 1. The van der Waals surface area contributed by atoms with Crippen LogP contribution in [0.3, 0.4) is 0 Å². The minimum Gasteiger partial charge on any atom is -0.497 e. The Morgan fingerprint density at radius 2 is 2.17 bits per heavy atom. The number of fused-ring (bicyclic) bond motifs is 2. The van der Waals surface area contributed by atoms with Crippen molar-refractivity contribution in [1.82, 2.24) is 19.7 Å². The molecule has 2 aliphatic rings. The fourth-order valence-corrected chi connectivity index (χ4v) is 5.19. The number of aromatic nitrogens is 3. The Hall–Kier alpha value is -3.65. The van der Waals surface area contributed by atoms with E-state index in [1.807, 2.05) is 42.6 Å². The number of hydrogen-bond acceptors (Lipinski definition) is 5. The summed E-state index contributed by atoms with van der Waals surface area (Å²) in [5, 5.41) is 7.05. The van der Waals surface area contributed by atoms with Crippen LogP contribution in [-0.2, 0) is 13.0 Å². The van der Waals surface area contributed by atoms with E-state index in [0.717, 1.165) is 53.0 Å². The number of H-pyrrole nitrogens is 1. The molecule has 0 radical (unpaired) electrons. The van der Waals surface area contributed by atoms with Crippen LogP contribution in [-0.4, -0.2) is 58.8 Å². The van der Waals surface area contributed by atoms with Crippen LogP contribution in [0.2, 0.25) is 0 Å². The number of ether oxygens (including phenoxy) is 2. The van der Waals surface area contributed by atoms with Crippen LogP contribution in [0.25, 0.3) is 22.0 Å². The first-order valence-corrected chi connectivity index (χ1v) is 11.9. The van der Waals surface area contributed by atoms with E-state index in [-0.39, 0.29) is 11.7 Å². The number of likely N-dealkylation sites (N-methyl/N-ethyl adjacent to an activating group) is 1. The quantitative estimate of drug-likeness (QED) is 0.422. The molecule has 0 aliphatic carbocycles. The number of methoxy groups -OCH3 is 1. The van der Waals surface area contributed by atoms with Gasteiger partial charge in [0.25, 0.3) is 0 Å². The molecule has 2 aromatic carbocycles. The number of aromatic amines is 1. The van der Waals surface area contributed by atoms with E-state index in [9.17, 15) is 9.18 Å². The highest BCUT2D eigenvalue weighted by molar-refractivity contribution is 6.10. The molecule has 1 saturated heterocycles. The fraction of sp³-hybridized carbons (Fsp3) is 0.333. The molecule has 1 fully saturated rings. The van der Waals surface area contributed by atoms with E-state index in [1.54, 1.807) is 7.11 Å². The summed E-state index contributed by atoms with van der Waals surface area (Å²) >= 11 is 0. The predicted octanol–water partition coefficient (Wildman–Crippen LogP) is 4.32. The Bertz CT molecular complexity index is 1430. The van der Waals surface area contributed by atoms with Gasteiger partial charge in [0.05, 0.1) is 31.4 Å². The van der Waals surface area contributed by atoms with E-state index >= 15 is 0 Å². The fourth-order valence-electron chi connectivity index (χ4n) is 5.19. The highest BCUT2D eigenvalue weighted by Gasteiger charge is 2.31. The molecular weight excluding hydrogens is 447 g/mol. The average molecular weight is 475 g/mol. The summed E-state index contributed by atoms with van der Waals surface area (Å²) in [5.74, 6) is 0.862. The zero-order valence-electron chi connectivity index (χ0n) is 19.8. The van der Waals surface area contributed by atoms with Crippen molar-refractivity contribution in [3.8, 4) is 22.6 Å². The summed E-state index contributed by atoms with van der Waals surface area (Å²) in [7, 11) is 3.75. The van der Waals surface area contributed by atoms with E-state index in [1.165, 1.54) is 6.20 Å². The van der Waals surface area contributed by atoms with Gasteiger partial charge in [-0.1, -0.05) is 12.1 Å². The van der Waals surface area contributed by atoms with Crippen molar-refractivity contribution in [3.05, 3.63) is 65.9 Å². The topological polar surface area (TPSA) is 72.4 Å². The number of benzene rings is 2. The molecule has 8 heteroatoms. The maximum absolute atomic E-state index is 14.2. The summed E-state index contributed by atoms with van der Waals surface area (Å²) < 4.78 is 27.6. The minimum absolute atomic E-state index is 0.0615. The van der Waals surface area contributed by atoms with Crippen LogP contribution in [0.15, 0.2) is 48.8 Å². The second-order valence-electron chi connectivity index (χ2n) is 9.50. The molecule has 2 aliphatic heterocycles. The minimum atomic E-state index is -0.467. The van der Waals surface area contributed by atoms with Gasteiger partial charge in [0, 0.05) is 35.2 Å². The standard InChI is InChI=1S/C27H27FN4O3/c1-31-8-7-19(31)13-32-14-23(21-5-3-16(11-24(21)32)22-12-29-30-27(22)28)26(33)18-9-17-10-20(34-2)4-6-25(17)35-15-18/h3-6,10-12,14,18-19H,7-9,13,15H2,1-2H3,(H,29,30)/t18?,19-/m0/s1. The predicted molar refractivity (Wildman–Crippen MR) is 131 cm³/mol. The van der Waals surface area contributed by atoms with Crippen LogP contribution in [0, 0.1) is 11.9 Å². The lowest BCUT2D eigenvalue weighted by atomic mass is 9.89. The first kappa shape index (κ1) is 21.9. The molecule has 0 amide bonds. The molecule has 2 aromatic heterocycles. The summed E-state index contributed by atoms with van der Waals surface area (Å²) in [6.07, 6.45) is 5.17. The summed E-state index contributed by atoms with van der Waals surface area (Å²) in [6.45, 7) is 2.19. The molecule has 1 N–H and O–H groups in total. The van der Waals surface area contributed by atoms with Crippen LogP contribution < -0.4 is 9.47 Å². The molecular formula is C27H27FN4O3. The average Bonchev–Trinajstić information content (AvgIpc) is 3.48. The lowest BCUT2D eigenvalue weighted by Crippen LogP contribution is -2.46. The Kier molecular flexibility index (Phi) is 5.33. The van der Waals surface area contributed by atoms with E-state index in [0.29, 0.717) is 30.2 Å². The van der Waals surface area contributed by atoms with Crippen LogP contribution in [0.5, 0.6) is 11.5 Å². The van der Waals surface area contributed by atoms with Gasteiger partial charge in [-0.05, 0) is 61.8 Å². The number of nitrogens with zero attached hydrogens (tertiary/aromatic N) is 3.